The highest BCUT2D eigenvalue weighted by Crippen LogP contribution is 2.40. The Bertz CT molecular complexity index is 1360. The van der Waals surface area contributed by atoms with Crippen LogP contribution in [0.4, 0.5) is 25.0 Å². The van der Waals surface area contributed by atoms with Crippen LogP contribution in [-0.2, 0) is 16.6 Å². The van der Waals surface area contributed by atoms with Gasteiger partial charge in [0.2, 0.25) is 0 Å². The third-order valence-corrected chi connectivity index (χ3v) is 6.95. The molecule has 0 radical (unpaired) electrons. The van der Waals surface area contributed by atoms with Gasteiger partial charge in [-0.3, -0.25) is 4.90 Å². The lowest BCUT2D eigenvalue weighted by molar-refractivity contribution is 0.253. The number of aromatic nitrogens is 1. The van der Waals surface area contributed by atoms with E-state index in [1.54, 1.807) is 0 Å². The predicted molar refractivity (Wildman–Crippen MR) is 118 cm³/mol. The number of amides is 2. The summed E-state index contributed by atoms with van der Waals surface area (Å²) < 4.78 is 71.8. The Morgan fingerprint density at radius 2 is 1.65 bits per heavy atom. The minimum Gasteiger partial charge on any atom is -0.497 e. The van der Waals surface area contributed by atoms with Crippen molar-refractivity contribution in [2.75, 3.05) is 30.5 Å². The second-order valence-corrected chi connectivity index (χ2v) is 8.84. The van der Waals surface area contributed by atoms with Gasteiger partial charge in [0.05, 0.1) is 45.4 Å². The maximum absolute atomic E-state index is 14.7. The Balaban J connectivity index is 1.87. The number of hydrogen-bond donors (Lipinski definition) is 0. The summed E-state index contributed by atoms with van der Waals surface area (Å²) in [5.74, 6) is -1.78. The van der Waals surface area contributed by atoms with Gasteiger partial charge in [0.25, 0.3) is 15.9 Å². The van der Waals surface area contributed by atoms with Crippen molar-refractivity contribution in [3.8, 4) is 17.4 Å². The van der Waals surface area contributed by atoms with Crippen LogP contribution in [-0.4, -0.2) is 40.8 Å². The Hall–Kier alpha value is -3.93. The van der Waals surface area contributed by atoms with Crippen LogP contribution in [0.5, 0.6) is 17.4 Å². The van der Waals surface area contributed by atoms with Gasteiger partial charge in [-0.25, -0.2) is 27.0 Å². The van der Waals surface area contributed by atoms with Crippen molar-refractivity contribution >= 4 is 27.4 Å². The number of urea groups is 1. The van der Waals surface area contributed by atoms with Gasteiger partial charge in [-0.15, -0.1) is 0 Å². The van der Waals surface area contributed by atoms with Crippen LogP contribution in [0.1, 0.15) is 5.56 Å². The average molecular weight is 491 g/mol. The third-order valence-electron chi connectivity index (χ3n) is 5.20. The van der Waals surface area contributed by atoms with Crippen molar-refractivity contribution in [3.63, 3.8) is 0 Å². The smallest absolute Gasteiger partial charge is 0.343 e. The molecule has 2 amide bonds. The lowest BCUT2D eigenvalue weighted by Gasteiger charge is -2.36. The molecule has 0 saturated carbocycles. The maximum atomic E-state index is 14.7. The van der Waals surface area contributed by atoms with Crippen LogP contribution in [0.2, 0.25) is 0 Å². The molecule has 4 rings (SSSR count). The number of nitrogens with zero attached hydrogens (tertiary/aromatic N) is 3. The molecular weight excluding hydrogens is 472 g/mol. The number of benzene rings is 2. The monoisotopic (exact) mass is 491 g/mol. The van der Waals surface area contributed by atoms with E-state index in [1.807, 2.05) is 0 Å². The van der Waals surface area contributed by atoms with Gasteiger partial charge in [0.1, 0.15) is 22.3 Å². The molecule has 0 saturated heterocycles. The first-order valence-electron chi connectivity index (χ1n) is 9.78. The summed E-state index contributed by atoms with van der Waals surface area (Å²) >= 11 is 0. The SMILES string of the molecule is COc1cc(F)c(CN2C(=O)N(c3cnc(OC)c(OC)c3)S(=O)(=O)c3ccccc32)c(F)c1. The van der Waals surface area contributed by atoms with Gasteiger partial charge >= 0.3 is 6.03 Å². The largest absolute Gasteiger partial charge is 0.497 e. The minimum absolute atomic E-state index is 0.0215. The van der Waals surface area contributed by atoms with Crippen molar-refractivity contribution in [1.82, 2.24) is 4.98 Å². The Morgan fingerprint density at radius 1 is 0.971 bits per heavy atom. The number of methoxy groups -OCH3 is 3. The zero-order chi connectivity index (χ0) is 24.6. The summed E-state index contributed by atoms with van der Waals surface area (Å²) in [6.45, 7) is -0.579. The molecule has 0 spiro atoms. The van der Waals surface area contributed by atoms with E-state index in [2.05, 4.69) is 4.98 Å². The molecule has 2 aromatic carbocycles. The number of pyridine rings is 1. The van der Waals surface area contributed by atoms with E-state index in [4.69, 9.17) is 14.2 Å². The Morgan fingerprint density at radius 3 is 2.26 bits per heavy atom. The summed E-state index contributed by atoms with van der Waals surface area (Å²) in [4.78, 5) is 18.3. The van der Waals surface area contributed by atoms with Crippen LogP contribution < -0.4 is 23.4 Å². The normalized spacial score (nSPS) is 14.6. The maximum Gasteiger partial charge on any atom is 0.343 e. The molecule has 0 aliphatic carbocycles. The molecule has 1 aliphatic rings. The number of sulfonamides is 1. The van der Waals surface area contributed by atoms with E-state index in [1.165, 1.54) is 51.7 Å². The first-order chi connectivity index (χ1) is 16.2. The van der Waals surface area contributed by atoms with E-state index in [0.29, 0.717) is 4.31 Å². The molecule has 12 heteroatoms. The van der Waals surface area contributed by atoms with Gasteiger partial charge in [-0.05, 0) is 12.1 Å². The fraction of sp³-hybridized carbons (Fsp3) is 0.182. The average Bonchev–Trinajstić information content (AvgIpc) is 2.82. The van der Waals surface area contributed by atoms with Crippen molar-refractivity contribution in [1.29, 1.82) is 0 Å². The van der Waals surface area contributed by atoms with Crippen LogP contribution in [0.25, 0.3) is 0 Å². The summed E-state index contributed by atoms with van der Waals surface area (Å²) in [7, 11) is -0.449. The molecule has 0 atom stereocenters. The first-order valence-corrected chi connectivity index (χ1v) is 11.2. The van der Waals surface area contributed by atoms with Crippen LogP contribution >= 0.6 is 0 Å². The number of fused-ring (bicyclic) bond motifs is 1. The lowest BCUT2D eigenvalue weighted by Crippen LogP contribution is -2.51. The number of carbonyl (C=O) groups is 1. The molecule has 3 aromatic rings. The number of anilines is 2. The quantitative estimate of drug-likeness (QED) is 0.518. The van der Waals surface area contributed by atoms with Crippen LogP contribution in [0.3, 0.4) is 0 Å². The summed E-state index contributed by atoms with van der Waals surface area (Å²) in [5, 5.41) is 0. The number of rotatable bonds is 6. The molecule has 1 aromatic heterocycles. The topological polar surface area (TPSA) is 98.3 Å². The zero-order valence-electron chi connectivity index (χ0n) is 18.3. The zero-order valence-corrected chi connectivity index (χ0v) is 19.1. The highest BCUT2D eigenvalue weighted by molar-refractivity contribution is 7.94. The molecule has 0 bridgehead atoms. The van der Waals surface area contributed by atoms with E-state index in [0.717, 1.165) is 23.2 Å². The van der Waals surface area contributed by atoms with Gasteiger partial charge in [-0.1, -0.05) is 12.1 Å². The molecule has 1 aliphatic heterocycles. The molecule has 9 nitrogen and oxygen atoms in total. The number of carbonyl (C=O) groups excluding carboxylic acids is 1. The second kappa shape index (κ2) is 8.78. The van der Waals surface area contributed by atoms with Crippen molar-refractivity contribution in [3.05, 3.63) is 65.9 Å². The molecule has 0 unspecified atom stereocenters. The first kappa shape index (κ1) is 23.2. The molecule has 34 heavy (non-hydrogen) atoms. The third kappa shape index (κ3) is 3.75. The van der Waals surface area contributed by atoms with Gasteiger partial charge in [0, 0.05) is 23.8 Å². The molecule has 0 N–H and O–H groups in total. The fourth-order valence-electron chi connectivity index (χ4n) is 3.55. The summed E-state index contributed by atoms with van der Waals surface area (Å²) in [6.07, 6.45) is 1.12. The van der Waals surface area contributed by atoms with E-state index >= 15 is 0 Å². The molecule has 0 fully saturated rings. The molecule has 2 heterocycles. The predicted octanol–water partition coefficient (Wildman–Crippen LogP) is 3.72. The van der Waals surface area contributed by atoms with Gasteiger partial charge in [0.15, 0.2) is 5.75 Å². The Labute approximate surface area is 194 Å². The standard InChI is InChI=1S/C22H19F2N3O6S/c1-31-14-9-16(23)15(17(24)10-14)12-26-18-6-4-5-7-20(18)34(29,30)27(22(26)28)13-8-19(32-2)21(33-3)25-11-13/h4-11H,12H2,1-3H3. The number of para-hydroxylation sites is 1. The summed E-state index contributed by atoms with van der Waals surface area (Å²) in [5.41, 5.74) is -0.599. The number of ether oxygens (including phenoxy) is 3. The van der Waals surface area contributed by atoms with E-state index < -0.39 is 39.8 Å². The van der Waals surface area contributed by atoms with Crippen LogP contribution in [0, 0.1) is 11.6 Å². The van der Waals surface area contributed by atoms with E-state index in [9.17, 15) is 22.0 Å². The highest BCUT2D eigenvalue weighted by atomic mass is 32.2. The number of hydrogen-bond acceptors (Lipinski definition) is 7. The molecule has 178 valence electrons. The highest BCUT2D eigenvalue weighted by Gasteiger charge is 2.43. The van der Waals surface area contributed by atoms with Crippen LogP contribution in [0.15, 0.2) is 53.6 Å². The van der Waals surface area contributed by atoms with Gasteiger partial charge in [-0.2, -0.15) is 4.31 Å². The fourth-order valence-corrected chi connectivity index (χ4v) is 5.12. The molecular formula is C22H19F2N3O6S. The lowest BCUT2D eigenvalue weighted by atomic mass is 10.1. The number of halogens is 2. The van der Waals surface area contributed by atoms with Crippen molar-refractivity contribution < 1.29 is 36.2 Å². The van der Waals surface area contributed by atoms with Gasteiger partial charge < -0.3 is 14.2 Å². The van der Waals surface area contributed by atoms with E-state index in [-0.39, 0.29) is 33.6 Å². The van der Waals surface area contributed by atoms with Crippen molar-refractivity contribution in [2.45, 2.75) is 11.4 Å². The second-order valence-electron chi connectivity index (χ2n) is 7.08. The minimum atomic E-state index is -4.39. The van der Waals surface area contributed by atoms with Crippen molar-refractivity contribution in [2.24, 2.45) is 0 Å². The Kier molecular flexibility index (Phi) is 6.00. The summed E-state index contributed by atoms with van der Waals surface area (Å²) in [6, 6.07) is 7.84.